The van der Waals surface area contributed by atoms with Gasteiger partial charge in [-0.05, 0) is 56.4 Å². The zero-order valence-electron chi connectivity index (χ0n) is 20.0. The van der Waals surface area contributed by atoms with Gasteiger partial charge in [0.15, 0.2) is 0 Å². The highest BCUT2D eigenvalue weighted by Gasteiger charge is 2.30. The zero-order chi connectivity index (χ0) is 23.2. The van der Waals surface area contributed by atoms with Crippen molar-refractivity contribution in [3.8, 4) is 10.6 Å². The van der Waals surface area contributed by atoms with E-state index in [0.29, 0.717) is 23.8 Å². The van der Waals surface area contributed by atoms with E-state index in [2.05, 4.69) is 42.5 Å². The lowest BCUT2D eigenvalue weighted by Gasteiger charge is -2.21. The summed E-state index contributed by atoms with van der Waals surface area (Å²) in [5.74, 6) is 2.40. The predicted octanol–water partition coefficient (Wildman–Crippen LogP) is 5.37. The molecule has 176 valence electrons. The summed E-state index contributed by atoms with van der Waals surface area (Å²) in [6.07, 6.45) is 7.35. The molecule has 33 heavy (non-hydrogen) atoms. The first-order valence-corrected chi connectivity index (χ1v) is 12.9. The summed E-state index contributed by atoms with van der Waals surface area (Å²) < 4.78 is 1.17. The topological polar surface area (TPSA) is 95.9 Å². The molecule has 2 saturated carbocycles. The molecule has 5 rings (SSSR count). The summed E-state index contributed by atoms with van der Waals surface area (Å²) in [6.45, 7) is 9.67. The highest BCUT2D eigenvalue weighted by atomic mass is 32.1. The minimum Gasteiger partial charge on any atom is -0.396 e. The Morgan fingerprint density at radius 1 is 1.12 bits per heavy atom. The maximum atomic E-state index is 9.60. The number of anilines is 2. The minimum atomic E-state index is 0.128. The van der Waals surface area contributed by atoms with Gasteiger partial charge in [-0.15, -0.1) is 11.3 Å². The van der Waals surface area contributed by atoms with Gasteiger partial charge in [-0.3, -0.25) is 4.98 Å². The van der Waals surface area contributed by atoms with Crippen molar-refractivity contribution in [2.75, 3.05) is 23.8 Å². The number of nitrogens with zero attached hydrogens (tertiary/aromatic N) is 4. The first-order chi connectivity index (χ1) is 15.8. The number of aliphatic hydroxyl groups excluding tert-OH is 1. The lowest BCUT2D eigenvalue weighted by Crippen LogP contribution is -2.22. The van der Waals surface area contributed by atoms with Gasteiger partial charge in [0, 0.05) is 31.3 Å². The average molecular weight is 467 g/mol. The summed E-state index contributed by atoms with van der Waals surface area (Å²) >= 11 is 1.69. The monoisotopic (exact) mass is 466 g/mol. The molecule has 2 atom stereocenters. The molecule has 0 bridgehead atoms. The van der Waals surface area contributed by atoms with E-state index in [1.807, 2.05) is 13.1 Å². The van der Waals surface area contributed by atoms with Gasteiger partial charge in [0.05, 0.1) is 21.7 Å². The van der Waals surface area contributed by atoms with E-state index < -0.39 is 0 Å². The van der Waals surface area contributed by atoms with E-state index in [1.165, 1.54) is 17.5 Å². The van der Waals surface area contributed by atoms with Crippen LogP contribution in [0.5, 0.6) is 0 Å². The lowest BCUT2D eigenvalue weighted by molar-refractivity contribution is 0.229. The van der Waals surface area contributed by atoms with Crippen LogP contribution >= 0.6 is 11.3 Å². The highest BCUT2D eigenvalue weighted by Crippen LogP contribution is 2.44. The molecule has 2 fully saturated rings. The van der Waals surface area contributed by atoms with E-state index in [9.17, 15) is 5.11 Å². The van der Waals surface area contributed by atoms with Crippen LogP contribution in [-0.2, 0) is 0 Å². The van der Waals surface area contributed by atoms with Crippen LogP contribution in [0.4, 0.5) is 11.8 Å². The number of rotatable bonds is 7. The van der Waals surface area contributed by atoms with Gasteiger partial charge in [0.2, 0.25) is 5.95 Å². The quantitative estimate of drug-likeness (QED) is 0.431. The van der Waals surface area contributed by atoms with Gasteiger partial charge in [0.25, 0.3) is 0 Å². The average Bonchev–Trinajstić information content (AvgIpc) is 3.35. The molecule has 2 aliphatic rings. The second-order valence-electron chi connectivity index (χ2n) is 10.8. The molecule has 0 radical (unpaired) electrons. The van der Waals surface area contributed by atoms with Crippen molar-refractivity contribution in [2.45, 2.75) is 71.8 Å². The van der Waals surface area contributed by atoms with Crippen LogP contribution in [-0.4, -0.2) is 44.2 Å². The number of fused-ring (bicyclic) bond motifs is 1. The molecule has 2 unspecified atom stereocenters. The molecular weight excluding hydrogens is 432 g/mol. The summed E-state index contributed by atoms with van der Waals surface area (Å²) in [4.78, 5) is 19.4. The summed E-state index contributed by atoms with van der Waals surface area (Å²) in [5.41, 5.74) is 4.18. The van der Waals surface area contributed by atoms with Crippen LogP contribution < -0.4 is 10.6 Å². The van der Waals surface area contributed by atoms with E-state index >= 15 is 0 Å². The number of hydrogen-bond donors (Lipinski definition) is 3. The molecule has 0 aromatic carbocycles. The van der Waals surface area contributed by atoms with Crippen LogP contribution in [0.15, 0.2) is 12.3 Å². The van der Waals surface area contributed by atoms with Crippen molar-refractivity contribution in [2.24, 2.45) is 11.3 Å². The molecule has 0 spiro atoms. The smallest absolute Gasteiger partial charge is 0.224 e. The van der Waals surface area contributed by atoms with Crippen molar-refractivity contribution in [1.29, 1.82) is 0 Å². The van der Waals surface area contributed by atoms with Crippen LogP contribution in [0.3, 0.4) is 0 Å². The minimum absolute atomic E-state index is 0.128. The molecule has 3 N–H and O–H groups in total. The van der Waals surface area contributed by atoms with Crippen molar-refractivity contribution in [3.05, 3.63) is 23.7 Å². The Labute approximate surface area is 199 Å². The third-order valence-electron chi connectivity index (χ3n) is 6.52. The fraction of sp³-hybridized carbons (Fsp3) is 0.600. The summed E-state index contributed by atoms with van der Waals surface area (Å²) in [7, 11) is 0. The van der Waals surface area contributed by atoms with E-state index in [4.69, 9.17) is 15.0 Å². The van der Waals surface area contributed by atoms with Gasteiger partial charge in [-0.25, -0.2) is 9.97 Å². The Hall–Kier alpha value is -2.32. The Morgan fingerprint density at radius 2 is 1.94 bits per heavy atom. The Kier molecular flexibility index (Phi) is 5.99. The number of aryl methyl sites for hydroxylation is 1. The Morgan fingerprint density at radius 3 is 2.64 bits per heavy atom. The molecule has 3 aromatic rings. The number of aliphatic hydroxyl groups is 1. The van der Waals surface area contributed by atoms with Crippen LogP contribution in [0.2, 0.25) is 0 Å². The van der Waals surface area contributed by atoms with Gasteiger partial charge in [0.1, 0.15) is 16.3 Å². The van der Waals surface area contributed by atoms with Crippen molar-refractivity contribution in [1.82, 2.24) is 19.9 Å². The Bertz CT molecular complexity index is 1150. The number of pyridine rings is 1. The normalized spacial score (nSPS) is 21.0. The molecular formula is C25H34N6OS. The number of thiazole rings is 1. The third kappa shape index (κ3) is 4.96. The maximum Gasteiger partial charge on any atom is 0.224 e. The van der Waals surface area contributed by atoms with Crippen LogP contribution in [0, 0.1) is 18.3 Å². The predicted molar refractivity (Wildman–Crippen MR) is 135 cm³/mol. The number of aromatic nitrogens is 4. The third-order valence-corrected chi connectivity index (χ3v) is 7.56. The fourth-order valence-electron chi connectivity index (χ4n) is 4.56. The molecule has 7 nitrogen and oxygen atoms in total. The fourth-order valence-corrected chi connectivity index (χ4v) is 5.63. The molecule has 2 aliphatic carbocycles. The zero-order valence-corrected chi connectivity index (χ0v) is 20.8. The second-order valence-corrected chi connectivity index (χ2v) is 11.8. The van der Waals surface area contributed by atoms with Crippen LogP contribution in [0.1, 0.15) is 70.2 Å². The van der Waals surface area contributed by atoms with Gasteiger partial charge in [-0.1, -0.05) is 20.8 Å². The van der Waals surface area contributed by atoms with Crippen molar-refractivity contribution < 1.29 is 5.11 Å². The van der Waals surface area contributed by atoms with Gasteiger partial charge in [-0.2, -0.15) is 4.98 Å². The molecule has 3 heterocycles. The second kappa shape index (κ2) is 8.80. The summed E-state index contributed by atoms with van der Waals surface area (Å²) in [6, 6.07) is 2.36. The first-order valence-electron chi connectivity index (χ1n) is 12.1. The van der Waals surface area contributed by atoms with Crippen LogP contribution in [0.25, 0.3) is 20.8 Å². The molecule has 0 amide bonds. The molecule has 8 heteroatoms. The van der Waals surface area contributed by atoms with Crippen molar-refractivity contribution >= 4 is 33.3 Å². The van der Waals surface area contributed by atoms with Crippen molar-refractivity contribution in [3.63, 3.8) is 0 Å². The lowest BCUT2D eigenvalue weighted by atomic mass is 9.97. The molecule has 0 aliphatic heterocycles. The van der Waals surface area contributed by atoms with E-state index in [-0.39, 0.29) is 12.0 Å². The number of hydrogen-bond acceptors (Lipinski definition) is 8. The SMILES string of the molecule is Cc1nc(NCC(C)(C)C)nc(NC2CCC(CO)C2)c1-c1nc2c(C3CC3)nccc2s1. The Balaban J connectivity index is 1.53. The maximum absolute atomic E-state index is 9.60. The number of nitrogens with one attached hydrogen (secondary N) is 2. The highest BCUT2D eigenvalue weighted by molar-refractivity contribution is 7.21. The molecule has 3 aromatic heterocycles. The standard InChI is InChI=1S/C25H34N6OS/c1-14-19(23-30-21-18(33-23)9-10-26-20(21)16-6-7-16)22(29-17-8-5-15(11-17)12-32)31-24(28-14)27-13-25(2,3)4/h9-10,15-17,32H,5-8,11-13H2,1-4H3,(H2,27,28,29,31). The summed E-state index contributed by atoms with van der Waals surface area (Å²) in [5, 5.41) is 17.7. The first kappa shape index (κ1) is 22.5. The van der Waals surface area contributed by atoms with Gasteiger partial charge >= 0.3 is 0 Å². The van der Waals surface area contributed by atoms with Gasteiger partial charge < -0.3 is 15.7 Å². The van der Waals surface area contributed by atoms with E-state index in [0.717, 1.165) is 59.1 Å². The molecule has 0 saturated heterocycles. The van der Waals surface area contributed by atoms with E-state index in [1.54, 1.807) is 11.3 Å². The largest absolute Gasteiger partial charge is 0.396 e.